The molecule has 0 aliphatic carbocycles. The molecule has 0 fully saturated rings. The van der Waals surface area contributed by atoms with Gasteiger partial charge in [-0.2, -0.15) is 0 Å². The highest BCUT2D eigenvalue weighted by molar-refractivity contribution is 5.60. The third-order valence-electron chi connectivity index (χ3n) is 1.72. The first kappa shape index (κ1) is 12.3. The third kappa shape index (κ3) is 7.62. The van der Waals surface area contributed by atoms with Crippen LogP contribution in [0.5, 0.6) is 0 Å². The average Bonchev–Trinajstić information content (AvgIpc) is 2.12. The van der Waals surface area contributed by atoms with Crippen molar-refractivity contribution in [1.82, 2.24) is 0 Å². The Morgan fingerprint density at radius 1 is 1.46 bits per heavy atom. The van der Waals surface area contributed by atoms with E-state index in [1.807, 2.05) is 6.92 Å². The fourth-order valence-corrected chi connectivity index (χ4v) is 0.761. The quantitative estimate of drug-likeness (QED) is 0.473. The zero-order valence-electron chi connectivity index (χ0n) is 8.71. The van der Waals surface area contributed by atoms with Gasteiger partial charge in [0, 0.05) is 0 Å². The molecule has 0 bridgehead atoms. The van der Waals surface area contributed by atoms with Crippen molar-refractivity contribution in [2.45, 2.75) is 46.1 Å². The van der Waals surface area contributed by atoms with Crippen LogP contribution in [0.3, 0.4) is 0 Å². The molecule has 0 aliphatic heterocycles. The van der Waals surface area contributed by atoms with Crippen LogP contribution in [0, 0.1) is 6.42 Å². The maximum atomic E-state index is 10.9. The van der Waals surface area contributed by atoms with Crippen LogP contribution in [0.25, 0.3) is 0 Å². The van der Waals surface area contributed by atoms with E-state index in [2.05, 4.69) is 6.92 Å². The molecule has 0 aliphatic rings. The molecule has 0 aromatic carbocycles. The number of rotatable bonds is 6. The van der Waals surface area contributed by atoms with Gasteiger partial charge in [0.2, 0.25) is 0 Å². The lowest BCUT2D eigenvalue weighted by atomic mass is 10.3. The van der Waals surface area contributed by atoms with Crippen LogP contribution < -0.4 is 0 Å². The molecule has 1 unspecified atom stereocenters. The molecular formula is C10H19O3. The van der Waals surface area contributed by atoms with Gasteiger partial charge in [0.05, 0.1) is 6.61 Å². The zero-order valence-corrected chi connectivity index (χ0v) is 8.71. The first-order chi connectivity index (χ1) is 6.20. The van der Waals surface area contributed by atoms with Gasteiger partial charge in [-0.3, -0.25) is 0 Å². The number of hydrogen-bond acceptors (Lipinski definition) is 3. The van der Waals surface area contributed by atoms with Crippen molar-refractivity contribution >= 4 is 6.16 Å². The van der Waals surface area contributed by atoms with E-state index < -0.39 is 6.16 Å². The maximum Gasteiger partial charge on any atom is 0.508 e. The van der Waals surface area contributed by atoms with Crippen LogP contribution in [0.4, 0.5) is 4.79 Å². The van der Waals surface area contributed by atoms with Crippen LogP contribution in [-0.4, -0.2) is 18.9 Å². The molecule has 0 spiro atoms. The minimum atomic E-state index is -0.568. The van der Waals surface area contributed by atoms with Crippen LogP contribution in [0.1, 0.15) is 40.0 Å². The number of carbonyl (C=O) groups excluding carboxylic acids is 1. The van der Waals surface area contributed by atoms with Gasteiger partial charge in [-0.15, -0.1) is 0 Å². The Morgan fingerprint density at radius 3 is 2.69 bits per heavy atom. The maximum absolute atomic E-state index is 10.9. The minimum Gasteiger partial charge on any atom is -0.434 e. The molecule has 0 N–H and O–H groups in total. The van der Waals surface area contributed by atoms with Crippen LogP contribution in [0.15, 0.2) is 0 Å². The molecular weight excluding hydrogens is 168 g/mol. The molecule has 13 heavy (non-hydrogen) atoms. The smallest absolute Gasteiger partial charge is 0.434 e. The third-order valence-corrected chi connectivity index (χ3v) is 1.72. The lowest BCUT2D eigenvalue weighted by molar-refractivity contribution is 0.0371. The second kappa shape index (κ2) is 7.90. The standard InChI is InChI=1S/C10H19O3/c1-4-6-7-8-12-10(11)13-9(3)5-2/h5,9H,4,6-8H2,1-3H3. The zero-order chi connectivity index (χ0) is 10.1. The monoisotopic (exact) mass is 187 g/mol. The second-order valence-corrected chi connectivity index (χ2v) is 2.96. The lowest BCUT2D eigenvalue weighted by Gasteiger charge is -2.10. The van der Waals surface area contributed by atoms with Crippen molar-refractivity contribution in [3.63, 3.8) is 0 Å². The SMILES string of the molecule is C[CH]C(C)OC(=O)OCCCCC. The fraction of sp³-hybridized carbons (Fsp3) is 0.800. The van der Waals surface area contributed by atoms with Crippen LogP contribution >= 0.6 is 0 Å². The van der Waals surface area contributed by atoms with E-state index in [9.17, 15) is 4.79 Å². The fourth-order valence-electron chi connectivity index (χ4n) is 0.761. The van der Waals surface area contributed by atoms with E-state index in [0.29, 0.717) is 6.61 Å². The Kier molecular flexibility index (Phi) is 7.45. The van der Waals surface area contributed by atoms with Crippen LogP contribution in [-0.2, 0) is 9.47 Å². The highest BCUT2D eigenvalue weighted by Crippen LogP contribution is 1.99. The molecule has 77 valence electrons. The first-order valence-corrected chi connectivity index (χ1v) is 4.83. The lowest BCUT2D eigenvalue weighted by Crippen LogP contribution is -2.16. The van der Waals surface area contributed by atoms with E-state index in [1.165, 1.54) is 0 Å². The largest absolute Gasteiger partial charge is 0.508 e. The van der Waals surface area contributed by atoms with Crippen molar-refractivity contribution in [2.75, 3.05) is 6.61 Å². The number of ether oxygens (including phenoxy) is 2. The predicted octanol–water partition coefficient (Wildman–Crippen LogP) is 2.94. The van der Waals surface area contributed by atoms with Gasteiger partial charge in [-0.1, -0.05) is 26.7 Å². The topological polar surface area (TPSA) is 35.5 Å². The molecule has 0 saturated heterocycles. The second-order valence-electron chi connectivity index (χ2n) is 2.96. The summed E-state index contributed by atoms with van der Waals surface area (Å²) in [6.07, 6.45) is 4.18. The van der Waals surface area contributed by atoms with E-state index in [-0.39, 0.29) is 6.10 Å². The molecule has 0 heterocycles. The van der Waals surface area contributed by atoms with Gasteiger partial charge in [-0.25, -0.2) is 4.79 Å². The van der Waals surface area contributed by atoms with E-state index in [0.717, 1.165) is 19.3 Å². The summed E-state index contributed by atoms with van der Waals surface area (Å²) in [4.78, 5) is 10.9. The summed E-state index contributed by atoms with van der Waals surface area (Å²) in [7, 11) is 0. The van der Waals surface area contributed by atoms with E-state index >= 15 is 0 Å². The first-order valence-electron chi connectivity index (χ1n) is 4.83. The molecule has 3 nitrogen and oxygen atoms in total. The molecule has 0 aromatic rings. The van der Waals surface area contributed by atoms with Gasteiger partial charge in [0.15, 0.2) is 0 Å². The molecule has 0 aromatic heterocycles. The van der Waals surface area contributed by atoms with Crippen molar-refractivity contribution in [3.05, 3.63) is 6.42 Å². The number of carbonyl (C=O) groups is 1. The summed E-state index contributed by atoms with van der Waals surface area (Å²) in [5, 5.41) is 0. The normalized spacial score (nSPS) is 12.2. The summed E-state index contributed by atoms with van der Waals surface area (Å²) >= 11 is 0. The van der Waals surface area contributed by atoms with Crippen molar-refractivity contribution in [2.24, 2.45) is 0 Å². The average molecular weight is 187 g/mol. The van der Waals surface area contributed by atoms with Crippen molar-refractivity contribution in [3.8, 4) is 0 Å². The van der Waals surface area contributed by atoms with Gasteiger partial charge < -0.3 is 9.47 Å². The molecule has 0 rings (SSSR count). The molecule has 0 saturated carbocycles. The van der Waals surface area contributed by atoms with Crippen LogP contribution in [0.2, 0.25) is 0 Å². The Hall–Kier alpha value is -0.730. The van der Waals surface area contributed by atoms with Crippen molar-refractivity contribution < 1.29 is 14.3 Å². The van der Waals surface area contributed by atoms with Gasteiger partial charge in [0.25, 0.3) is 0 Å². The summed E-state index contributed by atoms with van der Waals surface area (Å²) in [6.45, 7) is 6.21. The Labute approximate surface area is 80.4 Å². The Morgan fingerprint density at radius 2 is 2.15 bits per heavy atom. The predicted molar refractivity (Wildman–Crippen MR) is 51.4 cm³/mol. The Balaban J connectivity index is 3.30. The summed E-state index contributed by atoms with van der Waals surface area (Å²) in [5.74, 6) is 0. The van der Waals surface area contributed by atoms with Gasteiger partial charge >= 0.3 is 6.16 Å². The summed E-state index contributed by atoms with van der Waals surface area (Å²) in [5.41, 5.74) is 0. The summed E-state index contributed by atoms with van der Waals surface area (Å²) < 4.78 is 9.70. The number of hydrogen-bond donors (Lipinski definition) is 0. The summed E-state index contributed by atoms with van der Waals surface area (Å²) in [6, 6.07) is 0. The van der Waals surface area contributed by atoms with Crippen molar-refractivity contribution in [1.29, 1.82) is 0 Å². The molecule has 3 heteroatoms. The highest BCUT2D eigenvalue weighted by atomic mass is 16.7. The number of unbranched alkanes of at least 4 members (excludes halogenated alkanes) is 2. The molecule has 1 radical (unpaired) electrons. The minimum absolute atomic E-state index is 0.168. The molecule has 0 amide bonds. The van der Waals surface area contributed by atoms with E-state index in [1.54, 1.807) is 13.3 Å². The van der Waals surface area contributed by atoms with E-state index in [4.69, 9.17) is 9.47 Å². The Bertz CT molecular complexity index is 134. The van der Waals surface area contributed by atoms with Gasteiger partial charge in [0.1, 0.15) is 6.10 Å². The van der Waals surface area contributed by atoms with Gasteiger partial charge in [-0.05, 0) is 19.8 Å². The molecule has 1 atom stereocenters. The highest BCUT2D eigenvalue weighted by Gasteiger charge is 2.07.